The third kappa shape index (κ3) is 3.68. The highest BCUT2D eigenvalue weighted by atomic mass is 35.5. The molecule has 0 aliphatic heterocycles. The van der Waals surface area contributed by atoms with E-state index in [4.69, 9.17) is 11.6 Å². The van der Waals surface area contributed by atoms with Gasteiger partial charge in [0.2, 0.25) is 10.0 Å². The second-order valence-corrected chi connectivity index (χ2v) is 7.10. The number of pyridine rings is 1. The zero-order valence-electron chi connectivity index (χ0n) is 11.0. The number of hydrogen-bond acceptors (Lipinski definition) is 3. The summed E-state index contributed by atoms with van der Waals surface area (Å²) in [5, 5.41) is 0.294. The van der Waals surface area contributed by atoms with Gasteiger partial charge in [0.05, 0.1) is 0 Å². The van der Waals surface area contributed by atoms with Crippen LogP contribution in [0.3, 0.4) is 0 Å². The summed E-state index contributed by atoms with van der Waals surface area (Å²) in [5.74, 6) is 0.434. The minimum absolute atomic E-state index is 0.0411. The lowest BCUT2D eigenvalue weighted by atomic mass is 9.83. The Kier molecular flexibility index (Phi) is 4.81. The molecule has 0 aromatic carbocycles. The number of halogens is 1. The van der Waals surface area contributed by atoms with E-state index in [-0.39, 0.29) is 10.9 Å². The van der Waals surface area contributed by atoms with Gasteiger partial charge in [0.1, 0.15) is 10.0 Å². The maximum atomic E-state index is 12.3. The van der Waals surface area contributed by atoms with Crippen LogP contribution in [-0.2, 0) is 10.0 Å². The normalized spacial score (nSPS) is 24.3. The van der Waals surface area contributed by atoms with Gasteiger partial charge in [-0.05, 0) is 30.9 Å². The third-order valence-corrected chi connectivity index (χ3v) is 5.45. The van der Waals surface area contributed by atoms with Crippen LogP contribution in [0.25, 0.3) is 0 Å². The Balaban J connectivity index is 2.14. The van der Waals surface area contributed by atoms with Crippen molar-refractivity contribution in [3.63, 3.8) is 0 Å². The number of sulfonamides is 1. The lowest BCUT2D eigenvalue weighted by Crippen LogP contribution is -2.41. The smallest absolute Gasteiger partial charge is 0.242 e. The van der Waals surface area contributed by atoms with Crippen LogP contribution in [0, 0.1) is 5.92 Å². The van der Waals surface area contributed by atoms with Gasteiger partial charge >= 0.3 is 0 Å². The molecular weight excluding hydrogens is 284 g/mol. The summed E-state index contributed by atoms with van der Waals surface area (Å²) < 4.78 is 27.4. The second kappa shape index (κ2) is 6.20. The summed E-state index contributed by atoms with van der Waals surface area (Å²) >= 11 is 5.67. The van der Waals surface area contributed by atoms with Crippen LogP contribution in [0.1, 0.15) is 39.0 Å². The van der Waals surface area contributed by atoms with Gasteiger partial charge in [-0.25, -0.2) is 18.1 Å². The van der Waals surface area contributed by atoms with E-state index in [0.717, 1.165) is 25.7 Å². The van der Waals surface area contributed by atoms with Gasteiger partial charge in [-0.2, -0.15) is 0 Å². The average molecular weight is 303 g/mol. The molecule has 2 atom stereocenters. The number of aromatic nitrogens is 1. The van der Waals surface area contributed by atoms with Crippen LogP contribution < -0.4 is 4.72 Å². The van der Waals surface area contributed by atoms with Gasteiger partial charge in [-0.15, -0.1) is 0 Å². The number of hydrogen-bond donors (Lipinski definition) is 1. The van der Waals surface area contributed by atoms with Crippen molar-refractivity contribution in [1.82, 2.24) is 9.71 Å². The van der Waals surface area contributed by atoms with Gasteiger partial charge in [0.25, 0.3) is 0 Å². The van der Waals surface area contributed by atoms with Gasteiger partial charge in [0, 0.05) is 12.2 Å². The highest BCUT2D eigenvalue weighted by Crippen LogP contribution is 2.28. The highest BCUT2D eigenvalue weighted by Gasteiger charge is 2.28. The maximum absolute atomic E-state index is 12.3. The monoisotopic (exact) mass is 302 g/mol. The minimum atomic E-state index is -3.49. The number of rotatable bonds is 4. The summed E-state index contributed by atoms with van der Waals surface area (Å²) in [6, 6.07) is 3.02. The predicted octanol–water partition coefficient (Wildman–Crippen LogP) is 2.98. The number of nitrogens with zero attached hydrogens (tertiary/aromatic N) is 1. The van der Waals surface area contributed by atoms with E-state index in [1.54, 1.807) is 0 Å². The van der Waals surface area contributed by atoms with Crippen LogP contribution in [0.15, 0.2) is 23.2 Å². The van der Waals surface area contributed by atoms with E-state index < -0.39 is 10.0 Å². The van der Waals surface area contributed by atoms with Gasteiger partial charge in [-0.3, -0.25) is 0 Å². The van der Waals surface area contributed by atoms with Gasteiger partial charge in [-0.1, -0.05) is 37.8 Å². The molecule has 1 saturated carbocycles. The van der Waals surface area contributed by atoms with Crippen molar-refractivity contribution in [2.24, 2.45) is 5.92 Å². The fraction of sp³-hybridized carbons (Fsp3) is 0.615. The zero-order valence-corrected chi connectivity index (χ0v) is 12.5. The van der Waals surface area contributed by atoms with E-state index in [1.807, 2.05) is 0 Å². The van der Waals surface area contributed by atoms with Crippen molar-refractivity contribution in [2.75, 3.05) is 0 Å². The molecule has 1 N–H and O–H groups in total. The maximum Gasteiger partial charge on any atom is 0.242 e. The zero-order chi connectivity index (χ0) is 13.9. The molecule has 106 valence electrons. The Morgan fingerprint density at radius 2 is 2.11 bits per heavy atom. The summed E-state index contributed by atoms with van der Waals surface area (Å²) in [7, 11) is -3.49. The number of nitrogens with one attached hydrogen (secondary N) is 1. The van der Waals surface area contributed by atoms with E-state index in [9.17, 15) is 8.42 Å². The lowest BCUT2D eigenvalue weighted by molar-refractivity contribution is 0.282. The Morgan fingerprint density at radius 1 is 1.37 bits per heavy atom. The molecule has 0 radical (unpaired) electrons. The first-order chi connectivity index (χ1) is 9.03. The summed E-state index contributed by atoms with van der Waals surface area (Å²) in [5.41, 5.74) is 0. The lowest BCUT2D eigenvalue weighted by Gasteiger charge is -2.31. The molecule has 0 saturated heterocycles. The average Bonchev–Trinajstić information content (AvgIpc) is 2.39. The SMILES string of the molecule is CC[C@@H]1CCCC[C@H]1NS(=O)(=O)c1ccc(Cl)nc1. The van der Waals surface area contributed by atoms with Crippen molar-refractivity contribution < 1.29 is 8.42 Å². The molecule has 1 aliphatic rings. The van der Waals surface area contributed by atoms with E-state index in [2.05, 4.69) is 16.6 Å². The molecule has 0 amide bonds. The summed E-state index contributed by atoms with van der Waals surface area (Å²) in [6.45, 7) is 2.11. The van der Waals surface area contributed by atoms with E-state index in [0.29, 0.717) is 11.1 Å². The van der Waals surface area contributed by atoms with Gasteiger partial charge < -0.3 is 0 Å². The third-order valence-electron chi connectivity index (χ3n) is 3.75. The minimum Gasteiger partial charge on any atom is -0.243 e. The molecular formula is C13H19ClN2O2S. The second-order valence-electron chi connectivity index (χ2n) is 5.00. The molecule has 0 bridgehead atoms. The fourth-order valence-electron chi connectivity index (χ4n) is 2.64. The van der Waals surface area contributed by atoms with E-state index in [1.165, 1.54) is 24.8 Å². The summed E-state index contributed by atoms with van der Waals surface area (Å²) in [4.78, 5) is 4.00. The topological polar surface area (TPSA) is 59.1 Å². The van der Waals surface area contributed by atoms with Crippen LogP contribution >= 0.6 is 11.6 Å². The summed E-state index contributed by atoms with van der Waals surface area (Å²) in [6.07, 6.45) is 6.60. The van der Waals surface area contributed by atoms with E-state index >= 15 is 0 Å². The van der Waals surface area contributed by atoms with Crippen LogP contribution in [0.2, 0.25) is 5.15 Å². The highest BCUT2D eigenvalue weighted by molar-refractivity contribution is 7.89. The Hall–Kier alpha value is -0.650. The largest absolute Gasteiger partial charge is 0.243 e. The molecule has 4 nitrogen and oxygen atoms in total. The first-order valence-corrected chi connectivity index (χ1v) is 8.53. The molecule has 6 heteroatoms. The molecule has 1 heterocycles. The molecule has 0 spiro atoms. The molecule has 1 aliphatic carbocycles. The quantitative estimate of drug-likeness (QED) is 0.870. The Labute approximate surface area is 119 Å². The van der Waals surface area contributed by atoms with Crippen LogP contribution in [0.5, 0.6) is 0 Å². The molecule has 1 fully saturated rings. The predicted molar refractivity (Wildman–Crippen MR) is 75.6 cm³/mol. The van der Waals surface area contributed by atoms with Crippen molar-refractivity contribution in [1.29, 1.82) is 0 Å². The Morgan fingerprint density at radius 3 is 2.74 bits per heavy atom. The van der Waals surface area contributed by atoms with Crippen molar-refractivity contribution >= 4 is 21.6 Å². The van der Waals surface area contributed by atoms with Crippen molar-refractivity contribution in [3.05, 3.63) is 23.5 Å². The fourth-order valence-corrected chi connectivity index (χ4v) is 4.04. The van der Waals surface area contributed by atoms with Crippen molar-refractivity contribution in [3.8, 4) is 0 Å². The van der Waals surface area contributed by atoms with Crippen molar-refractivity contribution in [2.45, 2.75) is 50.0 Å². The molecule has 2 rings (SSSR count). The van der Waals surface area contributed by atoms with Gasteiger partial charge in [0.15, 0.2) is 0 Å². The first kappa shape index (κ1) is 14.8. The standard InChI is InChI=1S/C13H19ClN2O2S/c1-2-10-5-3-4-6-12(10)16-19(17,18)11-7-8-13(14)15-9-11/h7-10,12,16H,2-6H2,1H3/t10-,12-/m1/s1. The van der Waals surface area contributed by atoms with Crippen LogP contribution in [0.4, 0.5) is 0 Å². The molecule has 0 unspecified atom stereocenters. The molecule has 1 aromatic heterocycles. The first-order valence-electron chi connectivity index (χ1n) is 6.67. The van der Waals surface area contributed by atoms with Crippen LogP contribution in [-0.4, -0.2) is 19.4 Å². The molecule has 1 aromatic rings. The molecule has 19 heavy (non-hydrogen) atoms. The Bertz CT molecular complexity index is 516.